The minimum absolute atomic E-state index is 0.120. The van der Waals surface area contributed by atoms with Gasteiger partial charge >= 0.3 is 0 Å². The average Bonchev–Trinajstić information content (AvgIpc) is 2.34. The van der Waals surface area contributed by atoms with E-state index in [-0.39, 0.29) is 29.8 Å². The molecule has 5 nitrogen and oxygen atoms in total. The molecule has 0 saturated carbocycles. The normalized spacial score (nSPS) is 17.9. The standard InChI is InChI=1S/C8H10N2O3S/c1-5(14-6(2)11)9-10-7(12)3-4-8(10)13/h3-4H2,1-2H3. The van der Waals surface area contributed by atoms with E-state index in [1.165, 1.54) is 6.92 Å². The molecule has 1 rings (SSSR count). The van der Waals surface area contributed by atoms with Gasteiger partial charge in [-0.05, 0) is 18.7 Å². The maximum Gasteiger partial charge on any atom is 0.250 e. The molecule has 76 valence electrons. The Morgan fingerprint density at radius 1 is 1.29 bits per heavy atom. The van der Waals surface area contributed by atoms with Gasteiger partial charge in [-0.25, -0.2) is 0 Å². The number of thioether (sulfide) groups is 1. The zero-order valence-corrected chi connectivity index (χ0v) is 8.76. The third kappa shape index (κ3) is 2.66. The molecule has 1 saturated heterocycles. The summed E-state index contributed by atoms with van der Waals surface area (Å²) in [6.45, 7) is 2.99. The van der Waals surface area contributed by atoms with Crippen LogP contribution in [0.25, 0.3) is 0 Å². The van der Waals surface area contributed by atoms with E-state index in [9.17, 15) is 14.4 Å². The van der Waals surface area contributed by atoms with E-state index in [4.69, 9.17) is 0 Å². The van der Waals surface area contributed by atoms with E-state index in [1.807, 2.05) is 0 Å². The van der Waals surface area contributed by atoms with E-state index >= 15 is 0 Å². The summed E-state index contributed by atoms with van der Waals surface area (Å²) in [6.07, 6.45) is 0.417. The van der Waals surface area contributed by atoms with Gasteiger partial charge in [0.05, 0.1) is 5.04 Å². The SMILES string of the molecule is CC(=O)SC(C)=NN1C(=O)CCC1=O. The molecule has 0 atom stereocenters. The predicted octanol–water partition coefficient (Wildman–Crippen LogP) is 0.749. The van der Waals surface area contributed by atoms with Crippen LogP contribution in [0, 0.1) is 0 Å². The largest absolute Gasteiger partial charge is 0.287 e. The molecule has 1 aliphatic rings. The Morgan fingerprint density at radius 2 is 1.79 bits per heavy atom. The van der Waals surface area contributed by atoms with Gasteiger partial charge in [0.1, 0.15) is 0 Å². The first-order valence-corrected chi connectivity index (χ1v) is 4.92. The first-order chi connectivity index (χ1) is 6.50. The number of carbonyl (C=O) groups is 3. The fourth-order valence-electron chi connectivity index (χ4n) is 1.05. The molecule has 0 spiro atoms. The molecule has 0 unspecified atom stereocenters. The van der Waals surface area contributed by atoms with E-state index in [0.717, 1.165) is 16.8 Å². The monoisotopic (exact) mass is 214 g/mol. The topological polar surface area (TPSA) is 66.8 Å². The number of carbonyl (C=O) groups excluding carboxylic acids is 3. The van der Waals surface area contributed by atoms with Crippen LogP contribution in [-0.2, 0) is 14.4 Å². The minimum Gasteiger partial charge on any atom is -0.287 e. The Balaban J connectivity index is 2.70. The van der Waals surface area contributed by atoms with Crippen molar-refractivity contribution in [3.8, 4) is 0 Å². The molecule has 0 aromatic rings. The van der Waals surface area contributed by atoms with Crippen LogP contribution < -0.4 is 0 Å². The molecule has 14 heavy (non-hydrogen) atoms. The lowest BCUT2D eigenvalue weighted by Crippen LogP contribution is -2.24. The van der Waals surface area contributed by atoms with Crippen molar-refractivity contribution >= 4 is 33.7 Å². The Hall–Kier alpha value is -1.17. The second-order valence-electron chi connectivity index (χ2n) is 2.81. The maximum absolute atomic E-state index is 11.1. The number of hydrogen-bond donors (Lipinski definition) is 0. The number of imide groups is 1. The molecule has 1 aliphatic heterocycles. The molecule has 0 aliphatic carbocycles. The van der Waals surface area contributed by atoms with Crippen molar-refractivity contribution in [2.45, 2.75) is 26.7 Å². The molecule has 6 heteroatoms. The van der Waals surface area contributed by atoms with E-state index in [0.29, 0.717) is 5.04 Å². The van der Waals surface area contributed by atoms with Gasteiger partial charge in [0.15, 0.2) is 5.12 Å². The summed E-state index contributed by atoms with van der Waals surface area (Å²) in [5.74, 6) is -0.614. The van der Waals surface area contributed by atoms with Crippen molar-refractivity contribution in [1.29, 1.82) is 0 Å². The van der Waals surface area contributed by atoms with Crippen molar-refractivity contribution in [3.63, 3.8) is 0 Å². The summed E-state index contributed by atoms with van der Waals surface area (Å²) in [5.41, 5.74) is 0. The van der Waals surface area contributed by atoms with Crippen molar-refractivity contribution in [3.05, 3.63) is 0 Å². The van der Waals surface area contributed by atoms with Crippen LogP contribution in [0.5, 0.6) is 0 Å². The van der Waals surface area contributed by atoms with Crippen LogP contribution in [0.2, 0.25) is 0 Å². The minimum atomic E-state index is -0.307. The van der Waals surface area contributed by atoms with Gasteiger partial charge in [-0.15, -0.1) is 0 Å². The highest BCUT2D eigenvalue weighted by Crippen LogP contribution is 2.14. The second kappa shape index (κ2) is 4.36. The zero-order valence-electron chi connectivity index (χ0n) is 7.94. The zero-order chi connectivity index (χ0) is 10.7. The average molecular weight is 214 g/mol. The van der Waals surface area contributed by atoms with E-state index < -0.39 is 0 Å². The lowest BCUT2D eigenvalue weighted by Gasteiger charge is -2.06. The smallest absolute Gasteiger partial charge is 0.250 e. The van der Waals surface area contributed by atoms with Crippen LogP contribution in [0.3, 0.4) is 0 Å². The number of amides is 2. The quantitative estimate of drug-likeness (QED) is 0.367. The highest BCUT2D eigenvalue weighted by atomic mass is 32.2. The van der Waals surface area contributed by atoms with Crippen molar-refractivity contribution < 1.29 is 14.4 Å². The van der Waals surface area contributed by atoms with Crippen LogP contribution in [0.4, 0.5) is 0 Å². The highest BCUT2D eigenvalue weighted by Gasteiger charge is 2.29. The fraction of sp³-hybridized carbons (Fsp3) is 0.500. The third-order valence-electron chi connectivity index (χ3n) is 1.56. The highest BCUT2D eigenvalue weighted by molar-refractivity contribution is 8.26. The lowest BCUT2D eigenvalue weighted by molar-refractivity contribution is -0.138. The number of nitrogens with zero attached hydrogens (tertiary/aromatic N) is 2. The fourth-order valence-corrected chi connectivity index (χ4v) is 1.58. The first kappa shape index (κ1) is 10.9. The molecule has 1 heterocycles. The summed E-state index contributed by atoms with van der Waals surface area (Å²) in [5, 5.41) is 4.89. The van der Waals surface area contributed by atoms with Gasteiger partial charge in [-0.2, -0.15) is 10.1 Å². The summed E-state index contributed by atoms with van der Waals surface area (Å²) in [6, 6.07) is 0. The van der Waals surface area contributed by atoms with Gasteiger partial charge in [0.2, 0.25) is 11.8 Å². The molecule has 0 aromatic heterocycles. The molecule has 0 radical (unpaired) electrons. The van der Waals surface area contributed by atoms with Crippen molar-refractivity contribution in [2.75, 3.05) is 0 Å². The number of rotatable bonds is 1. The summed E-state index contributed by atoms with van der Waals surface area (Å²) in [7, 11) is 0. The maximum atomic E-state index is 11.1. The van der Waals surface area contributed by atoms with Crippen molar-refractivity contribution in [1.82, 2.24) is 5.01 Å². The number of hydrazone groups is 1. The van der Waals surface area contributed by atoms with Gasteiger partial charge in [0, 0.05) is 19.8 Å². The molecular weight excluding hydrogens is 204 g/mol. The van der Waals surface area contributed by atoms with Crippen LogP contribution in [-0.4, -0.2) is 27.0 Å². The molecule has 0 bridgehead atoms. The van der Waals surface area contributed by atoms with Crippen LogP contribution in [0.1, 0.15) is 26.7 Å². The summed E-state index contributed by atoms with van der Waals surface area (Å²) in [4.78, 5) is 32.9. The molecular formula is C8H10N2O3S. The van der Waals surface area contributed by atoms with E-state index in [2.05, 4.69) is 5.10 Å². The van der Waals surface area contributed by atoms with Gasteiger partial charge in [-0.3, -0.25) is 14.4 Å². The van der Waals surface area contributed by atoms with E-state index in [1.54, 1.807) is 6.92 Å². The molecule has 2 amide bonds. The molecule has 0 N–H and O–H groups in total. The van der Waals surface area contributed by atoms with Crippen LogP contribution in [0.15, 0.2) is 5.10 Å². The Labute approximate surface area is 85.5 Å². The first-order valence-electron chi connectivity index (χ1n) is 4.10. The summed E-state index contributed by atoms with van der Waals surface area (Å²) >= 11 is 0.910. The van der Waals surface area contributed by atoms with Crippen LogP contribution >= 0.6 is 11.8 Å². The van der Waals surface area contributed by atoms with Gasteiger partial charge < -0.3 is 0 Å². The molecule has 1 fully saturated rings. The van der Waals surface area contributed by atoms with Crippen molar-refractivity contribution in [2.24, 2.45) is 5.10 Å². The summed E-state index contributed by atoms with van der Waals surface area (Å²) < 4.78 is 0. The lowest BCUT2D eigenvalue weighted by atomic mass is 10.4. The van der Waals surface area contributed by atoms with Gasteiger partial charge in [0.25, 0.3) is 0 Å². The molecule has 0 aromatic carbocycles. The van der Waals surface area contributed by atoms with Gasteiger partial charge in [-0.1, -0.05) is 0 Å². The second-order valence-corrected chi connectivity index (χ2v) is 4.18. The number of hydrogen-bond acceptors (Lipinski definition) is 5. The third-order valence-corrected chi connectivity index (χ3v) is 2.22. The predicted molar refractivity (Wildman–Crippen MR) is 52.5 cm³/mol. The Morgan fingerprint density at radius 3 is 2.21 bits per heavy atom. The Kier molecular flexibility index (Phi) is 3.40. The Bertz CT molecular complexity index is 309.